The molecule has 0 aliphatic carbocycles. The molecule has 0 aliphatic rings. The van der Waals surface area contributed by atoms with Gasteiger partial charge in [0.05, 0.1) is 5.75 Å². The van der Waals surface area contributed by atoms with Crippen LogP contribution in [0.2, 0.25) is 0 Å². The minimum atomic E-state index is -3.49. The fraction of sp³-hybridized carbons (Fsp3) is 0.500. The van der Waals surface area contributed by atoms with Crippen LogP contribution in [-0.2, 0) is 10.0 Å². The summed E-state index contributed by atoms with van der Waals surface area (Å²) in [4.78, 5) is 16.1. The molecule has 7 nitrogen and oxygen atoms in total. The molecule has 20 heavy (non-hydrogen) atoms. The third-order valence-corrected chi connectivity index (χ3v) is 3.47. The topological polar surface area (TPSA) is 128 Å². The molecule has 1 aromatic rings. The fourth-order valence-corrected chi connectivity index (χ4v) is 2.12. The lowest BCUT2D eigenvalue weighted by Gasteiger charge is -2.09. The van der Waals surface area contributed by atoms with Gasteiger partial charge in [-0.1, -0.05) is 13.8 Å². The number of nitrogens with two attached hydrogens (primary N) is 2. The lowest BCUT2D eigenvalue weighted by Crippen LogP contribution is -2.27. The first-order valence-electron chi connectivity index (χ1n) is 6.25. The van der Waals surface area contributed by atoms with Crippen LogP contribution in [-0.4, -0.2) is 31.6 Å². The van der Waals surface area contributed by atoms with E-state index in [1.54, 1.807) is 6.07 Å². The molecular weight excluding hydrogens is 280 g/mol. The first kappa shape index (κ1) is 16.4. The van der Waals surface area contributed by atoms with Crippen molar-refractivity contribution in [2.75, 3.05) is 18.0 Å². The van der Waals surface area contributed by atoms with E-state index in [-0.39, 0.29) is 36.4 Å². The van der Waals surface area contributed by atoms with Crippen molar-refractivity contribution in [3.8, 4) is 0 Å². The molecule has 0 saturated carbocycles. The molecule has 0 atom stereocenters. The predicted molar refractivity (Wildman–Crippen MR) is 77.7 cm³/mol. The third kappa shape index (κ3) is 5.54. The smallest absolute Gasteiger partial charge is 0.251 e. The number of rotatable bonds is 6. The van der Waals surface area contributed by atoms with Gasteiger partial charge in [0.1, 0.15) is 5.82 Å². The first-order chi connectivity index (χ1) is 9.19. The summed E-state index contributed by atoms with van der Waals surface area (Å²) in [6, 6.07) is 3.16. The quantitative estimate of drug-likeness (QED) is 0.646. The van der Waals surface area contributed by atoms with Crippen LogP contribution in [0.25, 0.3) is 0 Å². The van der Waals surface area contributed by atoms with E-state index in [2.05, 4.69) is 10.3 Å². The second-order valence-electron chi connectivity index (χ2n) is 4.84. The van der Waals surface area contributed by atoms with Crippen molar-refractivity contribution in [1.82, 2.24) is 10.3 Å². The zero-order valence-corrected chi connectivity index (χ0v) is 12.4. The van der Waals surface area contributed by atoms with Crippen molar-refractivity contribution in [1.29, 1.82) is 0 Å². The number of carbonyl (C=O) groups is 1. The minimum absolute atomic E-state index is 0.160. The van der Waals surface area contributed by atoms with Crippen LogP contribution in [0.4, 0.5) is 5.82 Å². The van der Waals surface area contributed by atoms with E-state index in [1.165, 1.54) is 6.07 Å². The molecule has 1 rings (SSSR count). The van der Waals surface area contributed by atoms with Gasteiger partial charge in [-0.2, -0.15) is 0 Å². The Morgan fingerprint density at radius 3 is 2.60 bits per heavy atom. The molecule has 1 amide bonds. The van der Waals surface area contributed by atoms with Gasteiger partial charge in [-0.3, -0.25) is 4.79 Å². The number of sulfonamides is 1. The number of hydrogen-bond donors (Lipinski definition) is 3. The predicted octanol–water partition coefficient (Wildman–Crippen LogP) is 0.196. The van der Waals surface area contributed by atoms with E-state index >= 15 is 0 Å². The van der Waals surface area contributed by atoms with Gasteiger partial charge >= 0.3 is 0 Å². The number of anilines is 1. The van der Waals surface area contributed by atoms with Crippen molar-refractivity contribution in [3.05, 3.63) is 23.4 Å². The number of pyridine rings is 1. The lowest BCUT2D eigenvalue weighted by atomic mass is 10.1. The summed E-state index contributed by atoms with van der Waals surface area (Å²) in [6.07, 6.45) is 0.266. The number of aromatic nitrogens is 1. The van der Waals surface area contributed by atoms with Gasteiger partial charge in [-0.25, -0.2) is 18.5 Å². The van der Waals surface area contributed by atoms with Gasteiger partial charge in [-0.15, -0.1) is 0 Å². The molecular formula is C12H20N4O3S. The maximum atomic E-state index is 11.9. The second kappa shape index (κ2) is 6.67. The molecule has 0 spiro atoms. The SMILES string of the molecule is CC(C)c1cc(C(=O)NCCCS(N)(=O)=O)cc(N)n1. The van der Waals surface area contributed by atoms with E-state index in [1.807, 2.05) is 13.8 Å². The molecule has 112 valence electrons. The van der Waals surface area contributed by atoms with Crippen LogP contribution in [0.5, 0.6) is 0 Å². The largest absolute Gasteiger partial charge is 0.384 e. The fourth-order valence-electron chi connectivity index (χ4n) is 1.58. The molecule has 1 heterocycles. The Morgan fingerprint density at radius 2 is 2.05 bits per heavy atom. The summed E-state index contributed by atoms with van der Waals surface area (Å²) in [7, 11) is -3.49. The van der Waals surface area contributed by atoms with Gasteiger partial charge in [0.25, 0.3) is 5.91 Å². The number of amides is 1. The molecule has 0 aromatic carbocycles. The van der Waals surface area contributed by atoms with Gasteiger partial charge in [0.2, 0.25) is 10.0 Å². The normalized spacial score (nSPS) is 11.6. The summed E-state index contributed by atoms with van der Waals surface area (Å²) in [5, 5.41) is 7.49. The summed E-state index contributed by atoms with van der Waals surface area (Å²) < 4.78 is 21.5. The van der Waals surface area contributed by atoms with Gasteiger partial charge in [0, 0.05) is 17.8 Å². The van der Waals surface area contributed by atoms with Crippen molar-refractivity contribution < 1.29 is 13.2 Å². The molecule has 0 aliphatic heterocycles. The Balaban J connectivity index is 2.64. The van der Waals surface area contributed by atoms with Gasteiger partial charge < -0.3 is 11.1 Å². The number of primary sulfonamides is 1. The molecule has 5 N–H and O–H groups in total. The van der Waals surface area contributed by atoms with E-state index in [4.69, 9.17) is 10.9 Å². The zero-order valence-electron chi connectivity index (χ0n) is 11.6. The molecule has 1 aromatic heterocycles. The van der Waals surface area contributed by atoms with E-state index in [0.717, 1.165) is 5.69 Å². The Kier molecular flexibility index (Phi) is 5.46. The van der Waals surface area contributed by atoms with Crippen molar-refractivity contribution >= 4 is 21.7 Å². The van der Waals surface area contributed by atoms with Crippen molar-refractivity contribution in [2.45, 2.75) is 26.2 Å². The third-order valence-electron chi connectivity index (χ3n) is 2.61. The zero-order chi connectivity index (χ0) is 15.3. The summed E-state index contributed by atoms with van der Waals surface area (Å²) in [6.45, 7) is 4.14. The molecule has 0 fully saturated rings. The first-order valence-corrected chi connectivity index (χ1v) is 7.96. The maximum absolute atomic E-state index is 11.9. The van der Waals surface area contributed by atoms with Crippen LogP contribution in [0.3, 0.4) is 0 Å². The van der Waals surface area contributed by atoms with Crippen LogP contribution < -0.4 is 16.2 Å². The van der Waals surface area contributed by atoms with Crippen LogP contribution in [0.15, 0.2) is 12.1 Å². The minimum Gasteiger partial charge on any atom is -0.384 e. The summed E-state index contributed by atoms with van der Waals surface area (Å²) in [5.74, 6) is -0.0306. The van der Waals surface area contributed by atoms with Crippen LogP contribution >= 0.6 is 0 Å². The Morgan fingerprint density at radius 1 is 1.40 bits per heavy atom. The Hall–Kier alpha value is -1.67. The van der Waals surface area contributed by atoms with Crippen LogP contribution in [0, 0.1) is 0 Å². The number of carbonyl (C=O) groups excluding carboxylic acids is 1. The standard InChI is InChI=1S/C12H20N4O3S/c1-8(2)10-6-9(7-11(13)16-10)12(17)15-4-3-5-20(14,18)19/h6-8H,3-5H2,1-2H3,(H2,13,16)(H,15,17)(H2,14,18,19). The van der Waals surface area contributed by atoms with E-state index < -0.39 is 10.0 Å². The van der Waals surface area contributed by atoms with Crippen molar-refractivity contribution in [3.63, 3.8) is 0 Å². The molecule has 0 saturated heterocycles. The number of hydrogen-bond acceptors (Lipinski definition) is 5. The average Bonchev–Trinajstić information content (AvgIpc) is 2.32. The number of nitrogen functional groups attached to an aromatic ring is 1. The maximum Gasteiger partial charge on any atom is 0.251 e. The van der Waals surface area contributed by atoms with Crippen LogP contribution in [0.1, 0.15) is 42.2 Å². The lowest BCUT2D eigenvalue weighted by molar-refractivity contribution is 0.0953. The number of nitrogens with zero attached hydrogens (tertiary/aromatic N) is 1. The number of nitrogens with one attached hydrogen (secondary N) is 1. The van der Waals surface area contributed by atoms with E-state index in [0.29, 0.717) is 5.56 Å². The summed E-state index contributed by atoms with van der Waals surface area (Å²) in [5.41, 5.74) is 6.81. The Labute approximate surface area is 118 Å². The molecule has 8 heteroatoms. The highest BCUT2D eigenvalue weighted by molar-refractivity contribution is 7.89. The Bertz CT molecular complexity index is 584. The van der Waals surface area contributed by atoms with E-state index in [9.17, 15) is 13.2 Å². The highest BCUT2D eigenvalue weighted by Gasteiger charge is 2.11. The summed E-state index contributed by atoms with van der Waals surface area (Å²) >= 11 is 0. The monoisotopic (exact) mass is 300 g/mol. The van der Waals surface area contributed by atoms with Crippen molar-refractivity contribution in [2.24, 2.45) is 5.14 Å². The second-order valence-corrected chi connectivity index (χ2v) is 6.57. The molecule has 0 bridgehead atoms. The molecule has 0 unspecified atom stereocenters. The van der Waals surface area contributed by atoms with Gasteiger partial charge in [-0.05, 0) is 24.5 Å². The average molecular weight is 300 g/mol. The van der Waals surface area contributed by atoms with Gasteiger partial charge in [0.15, 0.2) is 0 Å². The molecule has 0 radical (unpaired) electrons. The highest BCUT2D eigenvalue weighted by atomic mass is 32.2. The highest BCUT2D eigenvalue weighted by Crippen LogP contribution is 2.15.